The van der Waals surface area contributed by atoms with Crippen LogP contribution in [0, 0.1) is 11.3 Å². The zero-order chi connectivity index (χ0) is 14.7. The summed E-state index contributed by atoms with van der Waals surface area (Å²) in [4.78, 5) is 0.113. The van der Waals surface area contributed by atoms with Crippen LogP contribution < -0.4 is 0 Å². The molecule has 5 nitrogen and oxygen atoms in total. The van der Waals surface area contributed by atoms with Crippen LogP contribution in [-0.4, -0.2) is 28.3 Å². The summed E-state index contributed by atoms with van der Waals surface area (Å²) in [5, 5.41) is 7.87. The summed E-state index contributed by atoms with van der Waals surface area (Å²) >= 11 is 0. The van der Waals surface area contributed by atoms with Crippen molar-refractivity contribution in [3.63, 3.8) is 0 Å². The fourth-order valence-electron chi connectivity index (χ4n) is 1.64. The van der Waals surface area contributed by atoms with Gasteiger partial charge in [0.25, 0.3) is 0 Å². The summed E-state index contributed by atoms with van der Waals surface area (Å²) in [5.41, 5.74) is 0. The Labute approximate surface area is 113 Å². The Bertz CT molecular complexity index is 682. The van der Waals surface area contributed by atoms with Gasteiger partial charge in [0.2, 0.25) is 0 Å². The third kappa shape index (κ3) is 3.55. The Morgan fingerprint density at radius 3 is 1.95 bits per heavy atom. The maximum atomic E-state index is 12.2. The molecule has 0 spiro atoms. The van der Waals surface area contributed by atoms with E-state index in [9.17, 15) is 16.8 Å². The van der Waals surface area contributed by atoms with E-state index in [-0.39, 0.29) is 16.2 Å². The minimum Gasteiger partial charge on any atom is -0.224 e. The number of rotatable bonds is 5. The van der Waals surface area contributed by atoms with Crippen LogP contribution in [0.2, 0.25) is 0 Å². The molecule has 1 atom stereocenters. The zero-order valence-corrected chi connectivity index (χ0v) is 12.3. The number of nitriles is 1. The number of hydrogen-bond donors (Lipinski definition) is 0. The van der Waals surface area contributed by atoms with Gasteiger partial charge in [-0.25, -0.2) is 16.8 Å². The predicted octanol–water partition coefficient (Wildman–Crippen LogP) is 1.56. The molecule has 0 fully saturated rings. The maximum Gasteiger partial charge on any atom is 0.182 e. The lowest BCUT2D eigenvalue weighted by Crippen LogP contribution is -2.20. The molecule has 0 aliphatic heterocycles. The highest BCUT2D eigenvalue weighted by Crippen LogP contribution is 2.22. The fourth-order valence-corrected chi connectivity index (χ4v) is 3.91. The lowest BCUT2D eigenvalue weighted by atomic mass is 10.3. The summed E-state index contributed by atoms with van der Waals surface area (Å²) < 4.78 is 47.0. The van der Waals surface area contributed by atoms with Gasteiger partial charge in [-0.15, -0.1) is 0 Å². The Balaban J connectivity index is 3.21. The Kier molecular flexibility index (Phi) is 4.71. The number of benzene rings is 1. The molecule has 0 amide bonds. The molecule has 0 saturated carbocycles. The highest BCUT2D eigenvalue weighted by atomic mass is 32.2. The first-order valence-electron chi connectivity index (χ1n) is 5.64. The van der Waals surface area contributed by atoms with Crippen LogP contribution in [0.1, 0.15) is 19.8 Å². The molecular formula is C12H15NO4S2. The molecule has 0 aliphatic rings. The molecular weight excluding hydrogens is 286 g/mol. The summed E-state index contributed by atoms with van der Waals surface area (Å²) in [5.74, 6) is 0. The second kappa shape index (κ2) is 5.72. The van der Waals surface area contributed by atoms with Crippen molar-refractivity contribution in [2.75, 3.05) is 6.26 Å². The first kappa shape index (κ1) is 15.7. The lowest BCUT2D eigenvalue weighted by molar-refractivity contribution is 0.575. The van der Waals surface area contributed by atoms with Crippen LogP contribution in [0.25, 0.3) is 0 Å². The van der Waals surface area contributed by atoms with Crippen LogP contribution in [0.4, 0.5) is 0 Å². The van der Waals surface area contributed by atoms with Gasteiger partial charge in [-0.05, 0) is 30.7 Å². The van der Waals surface area contributed by atoms with E-state index in [0.717, 1.165) is 6.26 Å². The van der Waals surface area contributed by atoms with Gasteiger partial charge >= 0.3 is 0 Å². The van der Waals surface area contributed by atoms with Crippen molar-refractivity contribution in [1.29, 1.82) is 5.26 Å². The van der Waals surface area contributed by atoms with E-state index in [1.54, 1.807) is 6.92 Å². The van der Waals surface area contributed by atoms with E-state index < -0.39 is 24.9 Å². The quantitative estimate of drug-likeness (QED) is 0.822. The van der Waals surface area contributed by atoms with E-state index in [0.29, 0.717) is 6.42 Å². The van der Waals surface area contributed by atoms with Gasteiger partial charge in [0.1, 0.15) is 0 Å². The SMILES string of the molecule is CCC(CC#N)S(=O)(=O)c1ccc(S(C)(=O)=O)cc1. The second-order valence-electron chi connectivity index (χ2n) is 4.18. The van der Waals surface area contributed by atoms with Crippen molar-refractivity contribution in [3.05, 3.63) is 24.3 Å². The average Bonchev–Trinajstić information content (AvgIpc) is 2.34. The van der Waals surface area contributed by atoms with Crippen molar-refractivity contribution in [3.8, 4) is 6.07 Å². The molecule has 1 aromatic rings. The molecule has 0 N–H and O–H groups in total. The van der Waals surface area contributed by atoms with Gasteiger partial charge in [-0.2, -0.15) is 5.26 Å². The van der Waals surface area contributed by atoms with Crippen molar-refractivity contribution in [1.82, 2.24) is 0 Å². The molecule has 1 aromatic carbocycles. The molecule has 7 heteroatoms. The summed E-state index contributed by atoms with van der Waals surface area (Å²) in [7, 11) is -6.94. The van der Waals surface area contributed by atoms with Gasteiger partial charge in [0, 0.05) is 6.26 Å². The zero-order valence-electron chi connectivity index (χ0n) is 10.7. The third-order valence-corrected chi connectivity index (χ3v) is 6.23. The molecule has 19 heavy (non-hydrogen) atoms. The number of hydrogen-bond acceptors (Lipinski definition) is 5. The molecule has 0 radical (unpaired) electrons. The van der Waals surface area contributed by atoms with Crippen LogP contribution in [0.5, 0.6) is 0 Å². The van der Waals surface area contributed by atoms with Crippen molar-refractivity contribution >= 4 is 19.7 Å². The lowest BCUT2D eigenvalue weighted by Gasteiger charge is -2.12. The van der Waals surface area contributed by atoms with Crippen molar-refractivity contribution in [2.45, 2.75) is 34.8 Å². The molecule has 0 aromatic heterocycles. The molecule has 0 saturated heterocycles. The van der Waals surface area contributed by atoms with Gasteiger partial charge in [0.15, 0.2) is 19.7 Å². The van der Waals surface area contributed by atoms with Gasteiger partial charge in [-0.1, -0.05) is 6.92 Å². The topological polar surface area (TPSA) is 92.1 Å². The highest BCUT2D eigenvalue weighted by molar-refractivity contribution is 7.92. The van der Waals surface area contributed by atoms with Crippen LogP contribution >= 0.6 is 0 Å². The van der Waals surface area contributed by atoms with Crippen molar-refractivity contribution in [2.24, 2.45) is 0 Å². The highest BCUT2D eigenvalue weighted by Gasteiger charge is 2.25. The average molecular weight is 301 g/mol. The van der Waals surface area contributed by atoms with Crippen LogP contribution in [-0.2, 0) is 19.7 Å². The van der Waals surface area contributed by atoms with E-state index in [1.165, 1.54) is 24.3 Å². The second-order valence-corrected chi connectivity index (χ2v) is 8.42. The van der Waals surface area contributed by atoms with Gasteiger partial charge in [0.05, 0.1) is 27.5 Å². The Morgan fingerprint density at radius 1 is 1.11 bits per heavy atom. The minimum absolute atomic E-state index is 0.0435. The normalized spacial score (nSPS) is 13.7. The number of sulfone groups is 2. The predicted molar refractivity (Wildman–Crippen MR) is 71.0 cm³/mol. The number of nitrogens with zero attached hydrogens (tertiary/aromatic N) is 1. The largest absolute Gasteiger partial charge is 0.224 e. The van der Waals surface area contributed by atoms with Gasteiger partial charge < -0.3 is 0 Å². The van der Waals surface area contributed by atoms with E-state index >= 15 is 0 Å². The first-order chi connectivity index (χ1) is 8.73. The van der Waals surface area contributed by atoms with Gasteiger partial charge in [-0.3, -0.25) is 0 Å². The maximum absolute atomic E-state index is 12.2. The van der Waals surface area contributed by atoms with Crippen molar-refractivity contribution < 1.29 is 16.8 Å². The smallest absolute Gasteiger partial charge is 0.182 e. The molecule has 1 rings (SSSR count). The van der Waals surface area contributed by atoms with E-state index in [4.69, 9.17) is 5.26 Å². The van der Waals surface area contributed by atoms with E-state index in [1.807, 2.05) is 6.07 Å². The minimum atomic E-state index is -3.59. The molecule has 0 aliphatic carbocycles. The van der Waals surface area contributed by atoms with E-state index in [2.05, 4.69) is 0 Å². The Morgan fingerprint density at radius 2 is 1.58 bits per heavy atom. The Hall–Kier alpha value is -1.39. The summed E-state index contributed by atoms with van der Waals surface area (Å²) in [6.07, 6.45) is 1.32. The van der Waals surface area contributed by atoms with Crippen LogP contribution in [0.3, 0.4) is 0 Å². The third-order valence-electron chi connectivity index (χ3n) is 2.79. The molecule has 1 unspecified atom stereocenters. The molecule has 0 bridgehead atoms. The standard InChI is InChI=1S/C12H15NO4S2/c1-3-10(8-9-13)19(16,17)12-6-4-11(5-7-12)18(2,14)15/h4-7,10H,3,8H2,1-2H3. The summed E-state index contributed by atoms with van der Waals surface area (Å²) in [6.45, 7) is 1.70. The van der Waals surface area contributed by atoms with Crippen LogP contribution in [0.15, 0.2) is 34.1 Å². The first-order valence-corrected chi connectivity index (χ1v) is 9.08. The fraction of sp³-hybridized carbons (Fsp3) is 0.417. The molecule has 104 valence electrons. The summed E-state index contributed by atoms with van der Waals surface area (Å²) in [6, 6.07) is 6.92. The monoisotopic (exact) mass is 301 g/mol. The molecule has 0 heterocycles.